The SMILES string of the molecule is COc1cc(CC[C@H]2OC(=[N+](C(C)C)C(C)C)O[B-]23OC(C)(C)C(C)(C)O3)cc(OC)c1OC.COc1cc(CC[C@H]2OC(=[N+](C(C)C)C(C)C)O[B-]23OC(C)(C)C(C)(C)O3)cc(OC)c1OC.O.O. The molecule has 2 spiro atoms. The number of ether oxygens (including phenoxy) is 8. The van der Waals surface area contributed by atoms with Crippen molar-refractivity contribution in [3.63, 3.8) is 0 Å². The van der Waals surface area contributed by atoms with Crippen molar-refractivity contribution in [1.29, 1.82) is 0 Å². The lowest BCUT2D eigenvalue weighted by atomic mass is 9.69. The van der Waals surface area contributed by atoms with Crippen molar-refractivity contribution in [2.75, 3.05) is 42.7 Å². The van der Waals surface area contributed by atoms with E-state index in [-0.39, 0.29) is 35.1 Å². The van der Waals surface area contributed by atoms with E-state index >= 15 is 0 Å². The lowest BCUT2D eigenvalue weighted by molar-refractivity contribution is -0.601. The summed E-state index contributed by atoms with van der Waals surface area (Å²) in [7, 11) is 9.66. The second-order valence-corrected chi connectivity index (χ2v) is 21.3. The molecule has 4 fully saturated rings. The van der Waals surface area contributed by atoms with E-state index in [1.165, 1.54) is 0 Å². The van der Waals surface area contributed by atoms with Gasteiger partial charge in [-0.3, -0.25) is 0 Å². The lowest BCUT2D eigenvalue weighted by Crippen LogP contribution is -2.50. The van der Waals surface area contributed by atoms with E-state index in [4.69, 9.17) is 65.8 Å². The number of aryl methyl sites for hydroxylation is 2. The summed E-state index contributed by atoms with van der Waals surface area (Å²) in [4.78, 5) is 0. The highest BCUT2D eigenvalue weighted by Crippen LogP contribution is 2.49. The van der Waals surface area contributed by atoms with E-state index in [1.807, 2.05) is 79.7 Å². The average molecular weight is 995 g/mol. The van der Waals surface area contributed by atoms with Crippen LogP contribution in [-0.2, 0) is 50.2 Å². The van der Waals surface area contributed by atoms with Crippen LogP contribution in [0.1, 0.15) is 135 Å². The van der Waals surface area contributed by atoms with Crippen molar-refractivity contribution < 1.29 is 85.9 Å². The highest BCUT2D eigenvalue weighted by Gasteiger charge is 2.65. The largest absolute Gasteiger partial charge is 0.588 e. The van der Waals surface area contributed by atoms with Crippen LogP contribution in [0.25, 0.3) is 0 Å². The molecule has 0 bridgehead atoms. The minimum absolute atomic E-state index is 0. The van der Waals surface area contributed by atoms with E-state index < -0.39 is 47.9 Å². The summed E-state index contributed by atoms with van der Waals surface area (Å²) < 4.78 is 89.3. The van der Waals surface area contributed by atoms with Crippen LogP contribution in [0, 0.1) is 0 Å². The van der Waals surface area contributed by atoms with Gasteiger partial charge in [-0.2, -0.15) is 9.15 Å². The van der Waals surface area contributed by atoms with Gasteiger partial charge in [-0.25, -0.2) is 0 Å². The molecule has 6 rings (SSSR count). The Kier molecular flexibility index (Phi) is 19.4. The van der Waals surface area contributed by atoms with Gasteiger partial charge in [0.2, 0.25) is 11.5 Å². The Morgan fingerprint density at radius 2 is 0.686 bits per heavy atom. The first-order chi connectivity index (χ1) is 31.6. The third-order valence-corrected chi connectivity index (χ3v) is 14.2. The number of methoxy groups -OCH3 is 6. The fraction of sp³-hybridized carbons (Fsp3) is 0.720. The predicted octanol–water partition coefficient (Wildman–Crippen LogP) is 7.01. The first-order valence-corrected chi connectivity index (χ1v) is 24.3. The third-order valence-electron chi connectivity index (χ3n) is 14.2. The number of hydrogen-bond acceptors (Lipinski definition) is 14. The Hall–Kier alpha value is -4.33. The molecule has 2 atom stereocenters. The zero-order chi connectivity index (χ0) is 50.9. The van der Waals surface area contributed by atoms with Crippen molar-refractivity contribution in [3.05, 3.63) is 35.4 Å². The summed E-state index contributed by atoms with van der Waals surface area (Å²) in [5.41, 5.74) is -0.125. The average Bonchev–Trinajstić information content (AvgIpc) is 3.86. The van der Waals surface area contributed by atoms with Crippen LogP contribution in [0.15, 0.2) is 24.3 Å². The minimum Gasteiger partial charge on any atom is -0.588 e. The van der Waals surface area contributed by atoms with Gasteiger partial charge < -0.3 is 76.8 Å². The highest BCUT2D eigenvalue weighted by atomic mass is 16.9. The van der Waals surface area contributed by atoms with Crippen molar-refractivity contribution in [2.24, 2.45) is 0 Å². The van der Waals surface area contributed by atoms with E-state index in [0.717, 1.165) is 11.1 Å². The fourth-order valence-electron chi connectivity index (χ4n) is 9.55. The summed E-state index contributed by atoms with van der Waals surface area (Å²) in [6.45, 7) is 28.9. The molecule has 4 N–H and O–H groups in total. The van der Waals surface area contributed by atoms with Gasteiger partial charge in [-0.15, -0.1) is 0 Å². The van der Waals surface area contributed by atoms with E-state index in [1.54, 1.807) is 42.7 Å². The van der Waals surface area contributed by atoms with Crippen LogP contribution in [0.2, 0.25) is 0 Å². The van der Waals surface area contributed by atoms with Crippen molar-refractivity contribution in [1.82, 2.24) is 0 Å². The van der Waals surface area contributed by atoms with Gasteiger partial charge in [-0.05, 0) is 172 Å². The maximum atomic E-state index is 6.56. The van der Waals surface area contributed by atoms with E-state index in [2.05, 4.69) is 64.5 Å². The second-order valence-electron chi connectivity index (χ2n) is 21.3. The quantitative estimate of drug-likeness (QED) is 0.123. The maximum absolute atomic E-state index is 6.56. The first-order valence-electron chi connectivity index (χ1n) is 24.3. The predicted molar refractivity (Wildman–Crippen MR) is 271 cm³/mol. The lowest BCUT2D eigenvalue weighted by Gasteiger charge is -2.36. The number of benzene rings is 2. The van der Waals surface area contributed by atoms with Gasteiger partial charge in [0.05, 0.1) is 54.7 Å². The van der Waals surface area contributed by atoms with Gasteiger partial charge in [0.25, 0.3) is 0 Å². The second kappa shape index (κ2) is 22.6. The number of rotatable bonds is 16. The molecule has 2 aromatic rings. The minimum atomic E-state index is -2.17. The van der Waals surface area contributed by atoms with Crippen LogP contribution in [-0.4, -0.2) is 147 Å². The first kappa shape index (κ1) is 60.0. The molecule has 0 radical (unpaired) electrons. The normalized spacial score (nSPS) is 21.5. The molecule has 4 aliphatic heterocycles. The third kappa shape index (κ3) is 11.8. The molecule has 4 saturated heterocycles. The monoisotopic (exact) mass is 995 g/mol. The molecule has 0 amide bonds. The molecule has 4 heterocycles. The van der Waals surface area contributed by atoms with Gasteiger partial charge >= 0.3 is 25.7 Å². The van der Waals surface area contributed by atoms with Crippen molar-refractivity contribution in [3.8, 4) is 34.5 Å². The van der Waals surface area contributed by atoms with Gasteiger partial charge in [0, 0.05) is 22.4 Å². The van der Waals surface area contributed by atoms with Crippen LogP contribution >= 0.6 is 0 Å². The Balaban J connectivity index is 0.000000360. The molecule has 0 aliphatic carbocycles. The molecule has 18 nitrogen and oxygen atoms in total. The summed E-state index contributed by atoms with van der Waals surface area (Å²) >= 11 is 0. The topological polar surface area (TPSA) is 198 Å². The van der Waals surface area contributed by atoms with Gasteiger partial charge in [0.15, 0.2) is 47.2 Å². The standard InChI is InChI=1S/2C25H42BNO7.2H2O/c2*1-16(2)27(17(3)4)23-31-21(26(32-23)33-24(5,6)25(7,8)34-26)13-12-18-14-19(28-9)22(30-11)20(15-18)29-10;;/h2*14-17,21H,12-13H2,1-11H3;2*1H2/t2*21-;;/m11../s1. The molecular weight excluding hydrogens is 906 g/mol. The van der Waals surface area contributed by atoms with Gasteiger partial charge in [-0.1, -0.05) is 0 Å². The van der Waals surface area contributed by atoms with Crippen LogP contribution < -0.4 is 28.4 Å². The molecule has 0 saturated carbocycles. The fourth-order valence-corrected chi connectivity index (χ4v) is 9.55. The molecular formula is C50H88B2N2O16. The van der Waals surface area contributed by atoms with E-state index in [9.17, 15) is 0 Å². The van der Waals surface area contributed by atoms with Crippen molar-refractivity contribution >= 4 is 25.7 Å². The zero-order valence-corrected chi connectivity index (χ0v) is 46.4. The van der Waals surface area contributed by atoms with Crippen LogP contribution in [0.3, 0.4) is 0 Å². The number of hydrogen-bond donors (Lipinski definition) is 0. The number of nitrogens with zero attached hydrogens (tertiary/aromatic N) is 2. The van der Waals surface area contributed by atoms with Crippen LogP contribution in [0.4, 0.5) is 0 Å². The summed E-state index contributed by atoms with van der Waals surface area (Å²) in [5.74, 6) is 3.62. The molecule has 70 heavy (non-hydrogen) atoms. The summed E-state index contributed by atoms with van der Waals surface area (Å²) in [6.07, 6.45) is 3.54. The molecule has 4 aliphatic rings. The van der Waals surface area contributed by atoms with Crippen LogP contribution in [0.5, 0.6) is 34.5 Å². The molecule has 20 heteroatoms. The Bertz CT molecular complexity index is 1900. The van der Waals surface area contributed by atoms with E-state index in [0.29, 0.717) is 72.3 Å². The Morgan fingerprint density at radius 3 is 0.886 bits per heavy atom. The van der Waals surface area contributed by atoms with Crippen molar-refractivity contribution in [2.45, 2.75) is 195 Å². The van der Waals surface area contributed by atoms with Gasteiger partial charge in [0.1, 0.15) is 0 Å². The Labute approximate surface area is 418 Å². The molecule has 0 aromatic heterocycles. The zero-order valence-electron chi connectivity index (χ0n) is 46.4. The maximum Gasteiger partial charge on any atom is 0.500 e. The molecule has 0 unspecified atom stereocenters. The summed E-state index contributed by atoms with van der Waals surface area (Å²) in [5, 5.41) is 0. The summed E-state index contributed by atoms with van der Waals surface area (Å²) in [6, 6.07) is 7.79. The Morgan fingerprint density at radius 1 is 0.443 bits per heavy atom. The molecule has 400 valence electrons. The molecule has 2 aromatic carbocycles. The highest BCUT2D eigenvalue weighted by molar-refractivity contribution is 6.66. The smallest absolute Gasteiger partial charge is 0.500 e.